The summed E-state index contributed by atoms with van der Waals surface area (Å²) in [5, 5.41) is 9.52. The van der Waals surface area contributed by atoms with Crippen molar-refractivity contribution in [3.8, 4) is 16.9 Å². The van der Waals surface area contributed by atoms with Gasteiger partial charge < -0.3 is 20.0 Å². The Morgan fingerprint density at radius 1 is 1.13 bits per heavy atom. The molecule has 158 valence electrons. The molecule has 0 fully saturated rings. The van der Waals surface area contributed by atoms with E-state index in [2.05, 4.69) is 0 Å². The van der Waals surface area contributed by atoms with Crippen LogP contribution >= 0.6 is 0 Å². The fourth-order valence-electron chi connectivity index (χ4n) is 3.60. The molecular weight excluding hydrogens is 397 g/mol. The Labute approximate surface area is 178 Å². The summed E-state index contributed by atoms with van der Waals surface area (Å²) in [7, 11) is 0. The van der Waals surface area contributed by atoms with Crippen molar-refractivity contribution in [1.82, 2.24) is 0 Å². The monoisotopic (exact) mass is 419 g/mol. The van der Waals surface area contributed by atoms with Crippen LogP contribution in [0.25, 0.3) is 22.1 Å². The molecule has 6 heteroatoms. The van der Waals surface area contributed by atoms with Gasteiger partial charge in [-0.25, -0.2) is 4.39 Å². The van der Waals surface area contributed by atoms with Gasteiger partial charge in [-0.1, -0.05) is 30.3 Å². The summed E-state index contributed by atoms with van der Waals surface area (Å²) < 4.78 is 25.8. The van der Waals surface area contributed by atoms with Crippen molar-refractivity contribution in [2.75, 3.05) is 0 Å². The number of ether oxygens (including phenoxy) is 1. The Bertz CT molecular complexity index is 1260. The Hall–Kier alpha value is -3.64. The molecule has 0 atom stereocenters. The number of furan rings is 1. The molecule has 4 rings (SSSR count). The first kappa shape index (κ1) is 20.6. The first-order chi connectivity index (χ1) is 14.9. The van der Waals surface area contributed by atoms with Crippen LogP contribution in [-0.4, -0.2) is 11.1 Å². The average Bonchev–Trinajstić information content (AvgIpc) is 3.14. The van der Waals surface area contributed by atoms with Crippen molar-refractivity contribution in [2.24, 2.45) is 5.73 Å². The Morgan fingerprint density at radius 3 is 2.74 bits per heavy atom. The van der Waals surface area contributed by atoms with Crippen LogP contribution in [0.15, 0.2) is 65.3 Å². The van der Waals surface area contributed by atoms with Crippen molar-refractivity contribution >= 4 is 16.9 Å². The summed E-state index contributed by atoms with van der Waals surface area (Å²) in [6.07, 6.45) is 0.958. The van der Waals surface area contributed by atoms with Crippen LogP contribution in [0.3, 0.4) is 0 Å². The number of benzene rings is 3. The van der Waals surface area contributed by atoms with Crippen molar-refractivity contribution in [3.63, 3.8) is 0 Å². The lowest BCUT2D eigenvalue weighted by molar-refractivity contribution is -0.136. The van der Waals surface area contributed by atoms with Crippen LogP contribution < -0.4 is 10.5 Å². The largest absolute Gasteiger partial charge is 0.489 e. The summed E-state index contributed by atoms with van der Waals surface area (Å²) >= 11 is 0. The van der Waals surface area contributed by atoms with Crippen molar-refractivity contribution in [2.45, 2.75) is 26.5 Å². The molecule has 31 heavy (non-hydrogen) atoms. The summed E-state index contributed by atoms with van der Waals surface area (Å²) in [6, 6.07) is 16.7. The summed E-state index contributed by atoms with van der Waals surface area (Å²) in [5.74, 6) is -0.880. The van der Waals surface area contributed by atoms with Crippen LogP contribution in [0.5, 0.6) is 5.75 Å². The molecule has 0 saturated heterocycles. The van der Waals surface area contributed by atoms with E-state index in [0.29, 0.717) is 28.8 Å². The van der Waals surface area contributed by atoms with Crippen LogP contribution in [0.4, 0.5) is 4.39 Å². The number of hydrogen-bond acceptors (Lipinski definition) is 4. The third-order valence-electron chi connectivity index (χ3n) is 5.12. The highest BCUT2D eigenvalue weighted by molar-refractivity contribution is 5.93. The molecule has 1 aromatic heterocycles. The highest BCUT2D eigenvalue weighted by Crippen LogP contribution is 2.34. The number of fused-ring (bicyclic) bond motifs is 1. The lowest BCUT2D eigenvalue weighted by Crippen LogP contribution is -2.04. The second-order valence-corrected chi connectivity index (χ2v) is 7.48. The van der Waals surface area contributed by atoms with Gasteiger partial charge in [0.1, 0.15) is 24.2 Å². The van der Waals surface area contributed by atoms with Crippen LogP contribution in [0.1, 0.15) is 22.3 Å². The van der Waals surface area contributed by atoms with Gasteiger partial charge in [-0.3, -0.25) is 4.79 Å². The first-order valence-electron chi connectivity index (χ1n) is 9.87. The molecule has 0 spiro atoms. The Balaban J connectivity index is 1.72. The molecule has 0 aliphatic rings. The first-order valence-corrected chi connectivity index (χ1v) is 9.87. The maximum atomic E-state index is 14.4. The number of aryl methyl sites for hydroxylation is 1. The van der Waals surface area contributed by atoms with Crippen LogP contribution in [0.2, 0.25) is 0 Å². The molecule has 0 aliphatic heterocycles. The Kier molecular flexibility index (Phi) is 5.73. The van der Waals surface area contributed by atoms with E-state index < -0.39 is 11.8 Å². The SMILES string of the molecule is Cc1ccc(CC(=O)O)c(OCc2cc(-c3cccc(CN)c3)c3occ(F)c3c2)c1. The molecule has 4 aromatic rings. The minimum absolute atomic E-state index is 0.137. The second-order valence-electron chi connectivity index (χ2n) is 7.48. The fourth-order valence-corrected chi connectivity index (χ4v) is 3.60. The van der Waals surface area contributed by atoms with E-state index in [9.17, 15) is 9.18 Å². The zero-order chi connectivity index (χ0) is 22.0. The smallest absolute Gasteiger partial charge is 0.307 e. The third kappa shape index (κ3) is 4.44. The van der Waals surface area contributed by atoms with Gasteiger partial charge in [0.15, 0.2) is 5.82 Å². The van der Waals surface area contributed by atoms with Gasteiger partial charge in [-0.15, -0.1) is 0 Å². The molecule has 1 heterocycles. The number of halogens is 1. The summed E-state index contributed by atoms with van der Waals surface area (Å²) in [5.41, 5.74) is 11.1. The van der Waals surface area contributed by atoms with Gasteiger partial charge in [0.05, 0.1) is 11.8 Å². The van der Waals surface area contributed by atoms with Gasteiger partial charge in [-0.2, -0.15) is 0 Å². The number of carbonyl (C=O) groups is 1. The van der Waals surface area contributed by atoms with Crippen molar-refractivity contribution < 1.29 is 23.4 Å². The van der Waals surface area contributed by atoms with E-state index in [-0.39, 0.29) is 13.0 Å². The molecule has 0 saturated carbocycles. The standard InChI is InChI=1S/C25H22FNO4/c1-15-5-6-19(11-24(28)29)23(7-15)30-13-17-9-20(18-4-2-3-16(8-18)12-27)25-21(10-17)22(26)14-31-25/h2-10,14H,11-13,27H2,1H3,(H,28,29). The normalized spacial score (nSPS) is 11.1. The quantitative estimate of drug-likeness (QED) is 0.429. The highest BCUT2D eigenvalue weighted by atomic mass is 19.1. The number of carboxylic acid groups (broad SMARTS) is 1. The molecule has 0 radical (unpaired) electrons. The summed E-state index contributed by atoms with van der Waals surface area (Å²) in [4.78, 5) is 11.2. The third-order valence-corrected chi connectivity index (χ3v) is 5.12. The molecule has 3 aromatic carbocycles. The molecular formula is C25H22FNO4. The van der Waals surface area contributed by atoms with E-state index in [1.54, 1.807) is 18.2 Å². The fraction of sp³-hybridized carbons (Fsp3) is 0.160. The molecule has 0 bridgehead atoms. The van der Waals surface area contributed by atoms with E-state index >= 15 is 0 Å². The van der Waals surface area contributed by atoms with Crippen molar-refractivity contribution in [1.29, 1.82) is 0 Å². The lowest BCUT2D eigenvalue weighted by Gasteiger charge is -2.13. The maximum Gasteiger partial charge on any atom is 0.307 e. The van der Waals surface area contributed by atoms with Gasteiger partial charge >= 0.3 is 5.97 Å². The molecule has 0 amide bonds. The minimum Gasteiger partial charge on any atom is -0.489 e. The van der Waals surface area contributed by atoms with Crippen LogP contribution in [-0.2, 0) is 24.4 Å². The second kappa shape index (κ2) is 8.62. The Morgan fingerprint density at radius 2 is 1.97 bits per heavy atom. The average molecular weight is 419 g/mol. The van der Waals surface area contributed by atoms with Crippen LogP contribution in [0, 0.1) is 12.7 Å². The molecule has 5 nitrogen and oxygen atoms in total. The maximum absolute atomic E-state index is 14.4. The van der Waals surface area contributed by atoms with Gasteiger partial charge in [0.25, 0.3) is 0 Å². The van der Waals surface area contributed by atoms with E-state index in [4.69, 9.17) is 20.0 Å². The van der Waals surface area contributed by atoms with Gasteiger partial charge in [0.2, 0.25) is 0 Å². The number of rotatable bonds is 7. The van der Waals surface area contributed by atoms with Gasteiger partial charge in [0, 0.05) is 17.7 Å². The number of hydrogen-bond donors (Lipinski definition) is 2. The zero-order valence-electron chi connectivity index (χ0n) is 17.0. The van der Waals surface area contributed by atoms with E-state index in [0.717, 1.165) is 34.1 Å². The number of nitrogens with two attached hydrogens (primary N) is 1. The zero-order valence-corrected chi connectivity index (χ0v) is 17.0. The molecule has 3 N–H and O–H groups in total. The predicted octanol–water partition coefficient (Wildman–Crippen LogP) is 5.21. The van der Waals surface area contributed by atoms with E-state index in [1.165, 1.54) is 0 Å². The summed E-state index contributed by atoms with van der Waals surface area (Å²) in [6.45, 7) is 2.46. The molecule has 0 aliphatic carbocycles. The van der Waals surface area contributed by atoms with E-state index in [1.807, 2.05) is 43.3 Å². The number of aliphatic carboxylic acids is 1. The minimum atomic E-state index is -0.933. The predicted molar refractivity (Wildman–Crippen MR) is 116 cm³/mol. The number of carboxylic acids is 1. The topological polar surface area (TPSA) is 85.7 Å². The highest BCUT2D eigenvalue weighted by Gasteiger charge is 2.15. The van der Waals surface area contributed by atoms with Gasteiger partial charge in [-0.05, 0) is 53.4 Å². The van der Waals surface area contributed by atoms with Crippen molar-refractivity contribution in [3.05, 3.63) is 88.9 Å². The lowest BCUT2D eigenvalue weighted by atomic mass is 9.99. The molecule has 0 unspecified atom stereocenters.